The topological polar surface area (TPSA) is 84.0 Å². The quantitative estimate of drug-likeness (QED) is 0.575. The van der Waals surface area contributed by atoms with Crippen molar-refractivity contribution >= 4 is 27.6 Å². The maximum Gasteiger partial charge on any atom is 0.309 e. The van der Waals surface area contributed by atoms with E-state index >= 15 is 0 Å². The normalized spacial score (nSPS) is 14.7. The Bertz CT molecular complexity index is 1100. The van der Waals surface area contributed by atoms with E-state index in [-0.39, 0.29) is 29.2 Å². The summed E-state index contributed by atoms with van der Waals surface area (Å²) in [5.41, 5.74) is 3.22. The van der Waals surface area contributed by atoms with Gasteiger partial charge in [-0.15, -0.1) is 0 Å². The summed E-state index contributed by atoms with van der Waals surface area (Å²) in [5, 5.41) is 0. The second-order valence-electron chi connectivity index (χ2n) is 8.52. The number of sulfonamides is 1. The van der Waals surface area contributed by atoms with Crippen molar-refractivity contribution in [2.45, 2.75) is 45.4 Å². The zero-order chi connectivity index (χ0) is 24.2. The molecule has 8 heteroatoms. The summed E-state index contributed by atoms with van der Waals surface area (Å²) in [6.45, 7) is 8.27. The molecule has 2 aromatic carbocycles. The number of amides is 1. The molecular weight excluding hydrogens is 440 g/mol. The Labute approximate surface area is 196 Å². The number of benzene rings is 2. The number of rotatable bonds is 7. The lowest BCUT2D eigenvalue weighted by Crippen LogP contribution is -2.47. The van der Waals surface area contributed by atoms with Crippen molar-refractivity contribution in [3.05, 3.63) is 59.2 Å². The maximum absolute atomic E-state index is 13.6. The fourth-order valence-corrected chi connectivity index (χ4v) is 5.55. The molecule has 0 unspecified atom stereocenters. The highest BCUT2D eigenvalue weighted by Gasteiger charge is 2.33. The molecule has 33 heavy (non-hydrogen) atoms. The van der Waals surface area contributed by atoms with E-state index in [0.717, 1.165) is 16.7 Å². The Morgan fingerprint density at radius 2 is 1.61 bits per heavy atom. The fourth-order valence-electron chi connectivity index (χ4n) is 4.07. The van der Waals surface area contributed by atoms with Crippen molar-refractivity contribution in [2.75, 3.05) is 30.5 Å². The summed E-state index contributed by atoms with van der Waals surface area (Å²) >= 11 is 0. The van der Waals surface area contributed by atoms with Crippen LogP contribution in [0.15, 0.2) is 47.4 Å². The molecule has 178 valence electrons. The third-order valence-electron chi connectivity index (χ3n) is 5.98. The van der Waals surface area contributed by atoms with E-state index in [0.29, 0.717) is 38.2 Å². The molecule has 2 aromatic rings. The minimum absolute atomic E-state index is 0.141. The number of ether oxygens (including phenoxy) is 1. The van der Waals surface area contributed by atoms with Gasteiger partial charge in [-0.05, 0) is 64.3 Å². The van der Waals surface area contributed by atoms with E-state index in [1.807, 2.05) is 32.9 Å². The first-order valence-electron chi connectivity index (χ1n) is 11.2. The van der Waals surface area contributed by atoms with Gasteiger partial charge in [-0.3, -0.25) is 13.9 Å². The summed E-state index contributed by atoms with van der Waals surface area (Å²) in [7, 11) is -3.96. The number of esters is 1. The van der Waals surface area contributed by atoms with Crippen molar-refractivity contribution in [3.8, 4) is 0 Å². The third kappa shape index (κ3) is 5.74. The minimum atomic E-state index is -3.96. The van der Waals surface area contributed by atoms with Crippen LogP contribution in [0.4, 0.5) is 5.69 Å². The zero-order valence-corrected chi connectivity index (χ0v) is 20.5. The number of anilines is 1. The molecule has 0 bridgehead atoms. The predicted octanol–water partition coefficient (Wildman–Crippen LogP) is 3.61. The van der Waals surface area contributed by atoms with Gasteiger partial charge >= 0.3 is 5.97 Å². The lowest BCUT2D eigenvalue weighted by Gasteiger charge is -2.33. The van der Waals surface area contributed by atoms with Crippen molar-refractivity contribution < 1.29 is 22.7 Å². The van der Waals surface area contributed by atoms with Gasteiger partial charge in [-0.2, -0.15) is 0 Å². The monoisotopic (exact) mass is 472 g/mol. The molecule has 0 aromatic heterocycles. The first-order valence-corrected chi connectivity index (χ1v) is 12.7. The number of hydrogen-bond acceptors (Lipinski definition) is 5. The van der Waals surface area contributed by atoms with E-state index in [4.69, 9.17) is 4.74 Å². The summed E-state index contributed by atoms with van der Waals surface area (Å²) in [4.78, 5) is 27.0. The molecule has 0 atom stereocenters. The van der Waals surface area contributed by atoms with E-state index < -0.39 is 10.0 Å². The molecule has 0 saturated carbocycles. The van der Waals surface area contributed by atoms with Crippen LogP contribution >= 0.6 is 0 Å². The Balaban J connectivity index is 1.85. The van der Waals surface area contributed by atoms with Crippen molar-refractivity contribution in [2.24, 2.45) is 5.92 Å². The number of carbonyl (C=O) groups is 2. The summed E-state index contributed by atoms with van der Waals surface area (Å²) in [6, 6.07) is 12.1. The maximum atomic E-state index is 13.6. The average molecular weight is 473 g/mol. The van der Waals surface area contributed by atoms with Crippen LogP contribution < -0.4 is 4.31 Å². The van der Waals surface area contributed by atoms with Crippen LogP contribution in [-0.2, 0) is 24.3 Å². The van der Waals surface area contributed by atoms with Gasteiger partial charge in [0.05, 0.1) is 23.1 Å². The van der Waals surface area contributed by atoms with Crippen molar-refractivity contribution in [1.82, 2.24) is 4.90 Å². The molecular formula is C25H32N2O5S. The number of carbonyl (C=O) groups excluding carboxylic acids is 2. The Morgan fingerprint density at radius 1 is 1.00 bits per heavy atom. The van der Waals surface area contributed by atoms with Crippen molar-refractivity contribution in [1.29, 1.82) is 0 Å². The van der Waals surface area contributed by atoms with Gasteiger partial charge in [0.2, 0.25) is 5.91 Å². The molecule has 1 aliphatic heterocycles. The Morgan fingerprint density at radius 3 is 2.18 bits per heavy atom. The van der Waals surface area contributed by atoms with Gasteiger partial charge in [0.25, 0.3) is 10.0 Å². The fraction of sp³-hybridized carbons (Fsp3) is 0.440. The molecule has 0 N–H and O–H groups in total. The van der Waals surface area contributed by atoms with Crippen LogP contribution in [0.25, 0.3) is 0 Å². The Hall–Kier alpha value is -2.87. The SMILES string of the molecule is CCOC(=O)C1CCN(C(=O)CN(c2ccc(C)cc2C)S(=O)(=O)c2ccc(C)cc2)CC1. The molecule has 1 amide bonds. The van der Waals surface area contributed by atoms with Crippen LogP contribution in [0.1, 0.15) is 36.5 Å². The number of likely N-dealkylation sites (tertiary alicyclic amines) is 1. The van der Waals surface area contributed by atoms with E-state index in [1.54, 1.807) is 42.2 Å². The molecule has 7 nitrogen and oxygen atoms in total. The zero-order valence-electron chi connectivity index (χ0n) is 19.7. The summed E-state index contributed by atoms with van der Waals surface area (Å²) in [5.74, 6) is -0.739. The molecule has 0 radical (unpaired) electrons. The lowest BCUT2D eigenvalue weighted by molar-refractivity contribution is -0.151. The molecule has 0 aliphatic carbocycles. The Kier molecular flexibility index (Phi) is 7.79. The van der Waals surface area contributed by atoms with Crippen LogP contribution in [-0.4, -0.2) is 51.4 Å². The highest BCUT2D eigenvalue weighted by atomic mass is 32.2. The number of hydrogen-bond donors (Lipinski definition) is 0. The van der Waals surface area contributed by atoms with Gasteiger partial charge in [-0.1, -0.05) is 35.4 Å². The number of aryl methyl sites for hydroxylation is 3. The van der Waals surface area contributed by atoms with E-state index in [2.05, 4.69) is 0 Å². The predicted molar refractivity (Wildman–Crippen MR) is 128 cm³/mol. The highest BCUT2D eigenvalue weighted by Crippen LogP contribution is 2.28. The van der Waals surface area contributed by atoms with Gasteiger partial charge < -0.3 is 9.64 Å². The second kappa shape index (κ2) is 10.4. The van der Waals surface area contributed by atoms with Gasteiger partial charge in [0.1, 0.15) is 6.54 Å². The van der Waals surface area contributed by atoms with Gasteiger partial charge in [-0.25, -0.2) is 8.42 Å². The number of nitrogens with zero attached hydrogens (tertiary/aromatic N) is 2. The molecule has 1 saturated heterocycles. The second-order valence-corrected chi connectivity index (χ2v) is 10.4. The van der Waals surface area contributed by atoms with Crippen molar-refractivity contribution in [3.63, 3.8) is 0 Å². The minimum Gasteiger partial charge on any atom is -0.466 e. The van der Waals surface area contributed by atoms with Crippen LogP contribution in [0.3, 0.4) is 0 Å². The average Bonchev–Trinajstić information content (AvgIpc) is 2.78. The molecule has 0 spiro atoms. The summed E-state index contributed by atoms with van der Waals surface area (Å²) in [6.07, 6.45) is 1.03. The van der Waals surface area contributed by atoms with Crippen LogP contribution in [0.2, 0.25) is 0 Å². The van der Waals surface area contributed by atoms with Gasteiger partial charge in [0.15, 0.2) is 0 Å². The smallest absolute Gasteiger partial charge is 0.309 e. The standard InChI is InChI=1S/C25H32N2O5S/c1-5-32-25(29)21-12-14-26(15-13-21)24(28)17-27(23-11-8-19(3)16-20(23)4)33(30,31)22-9-6-18(2)7-10-22/h6-11,16,21H,5,12-15,17H2,1-4H3. The van der Waals surface area contributed by atoms with E-state index in [1.165, 1.54) is 4.31 Å². The third-order valence-corrected chi connectivity index (χ3v) is 7.75. The summed E-state index contributed by atoms with van der Waals surface area (Å²) < 4.78 is 33.5. The first kappa shape index (κ1) is 24.8. The molecule has 1 aliphatic rings. The van der Waals surface area contributed by atoms with Crippen LogP contribution in [0.5, 0.6) is 0 Å². The highest BCUT2D eigenvalue weighted by molar-refractivity contribution is 7.92. The number of piperidine rings is 1. The largest absolute Gasteiger partial charge is 0.466 e. The molecule has 1 fully saturated rings. The van der Waals surface area contributed by atoms with Gasteiger partial charge in [0, 0.05) is 13.1 Å². The lowest BCUT2D eigenvalue weighted by atomic mass is 9.97. The van der Waals surface area contributed by atoms with E-state index in [9.17, 15) is 18.0 Å². The molecule has 3 rings (SSSR count). The van der Waals surface area contributed by atoms with Crippen LogP contribution in [0, 0.1) is 26.7 Å². The molecule has 1 heterocycles. The first-order chi connectivity index (χ1) is 15.6.